The summed E-state index contributed by atoms with van der Waals surface area (Å²) in [6.45, 7) is 3.61. The van der Waals surface area contributed by atoms with Crippen LogP contribution in [-0.4, -0.2) is 16.8 Å². The predicted molar refractivity (Wildman–Crippen MR) is 103 cm³/mol. The summed E-state index contributed by atoms with van der Waals surface area (Å²) in [6, 6.07) is 14.7. The Hall–Kier alpha value is -2.18. The van der Waals surface area contributed by atoms with Crippen LogP contribution in [0.15, 0.2) is 63.2 Å². The number of halogens is 2. The van der Waals surface area contributed by atoms with E-state index in [1.807, 2.05) is 43.3 Å². The lowest BCUT2D eigenvalue weighted by molar-refractivity contribution is 0.0955. The summed E-state index contributed by atoms with van der Waals surface area (Å²) in [4.78, 5) is 12.0. The van der Waals surface area contributed by atoms with Gasteiger partial charge < -0.3 is 0 Å². The molecule has 5 nitrogen and oxygen atoms in total. The molecular formula is C17H16BrClN4O. The SMILES string of the molecule is CC(=N\NC(=O)c1ccc(C)cc1)/C(Cl)=N/Nc1ccc(Br)cc1. The van der Waals surface area contributed by atoms with Gasteiger partial charge in [0.2, 0.25) is 0 Å². The van der Waals surface area contributed by atoms with E-state index in [1.165, 1.54) is 0 Å². The highest BCUT2D eigenvalue weighted by Crippen LogP contribution is 2.14. The van der Waals surface area contributed by atoms with Crippen molar-refractivity contribution in [3.63, 3.8) is 0 Å². The highest BCUT2D eigenvalue weighted by Gasteiger charge is 2.05. The highest BCUT2D eigenvalue weighted by molar-refractivity contribution is 9.10. The lowest BCUT2D eigenvalue weighted by Crippen LogP contribution is -2.20. The molecular weight excluding hydrogens is 392 g/mol. The van der Waals surface area contributed by atoms with Crippen LogP contribution in [0.4, 0.5) is 5.69 Å². The van der Waals surface area contributed by atoms with Crippen molar-refractivity contribution in [3.8, 4) is 0 Å². The van der Waals surface area contributed by atoms with Gasteiger partial charge >= 0.3 is 0 Å². The third kappa shape index (κ3) is 5.47. The standard InChI is InChI=1S/C17H16BrClN4O/c1-11-3-5-13(6-4-11)17(24)23-20-12(2)16(19)22-21-15-9-7-14(18)8-10-15/h3-10,21H,1-2H3,(H,23,24)/b20-12+,22-16-. The number of hydrogen-bond acceptors (Lipinski definition) is 4. The maximum absolute atomic E-state index is 12.0. The van der Waals surface area contributed by atoms with E-state index in [9.17, 15) is 4.79 Å². The zero-order chi connectivity index (χ0) is 17.5. The van der Waals surface area contributed by atoms with Crippen molar-refractivity contribution in [2.24, 2.45) is 10.2 Å². The van der Waals surface area contributed by atoms with Crippen molar-refractivity contribution in [3.05, 3.63) is 64.1 Å². The van der Waals surface area contributed by atoms with Crippen LogP contribution in [0.2, 0.25) is 0 Å². The molecule has 2 rings (SSSR count). The molecule has 0 aliphatic carbocycles. The van der Waals surface area contributed by atoms with Gasteiger partial charge in [-0.15, -0.1) is 0 Å². The molecule has 0 bridgehead atoms. The maximum Gasteiger partial charge on any atom is 0.271 e. The molecule has 0 fully saturated rings. The second-order valence-electron chi connectivity index (χ2n) is 5.03. The van der Waals surface area contributed by atoms with E-state index < -0.39 is 0 Å². The van der Waals surface area contributed by atoms with Crippen molar-refractivity contribution in [2.45, 2.75) is 13.8 Å². The zero-order valence-corrected chi connectivity index (χ0v) is 15.5. The number of carbonyl (C=O) groups is 1. The Labute approximate surface area is 153 Å². The Morgan fingerprint density at radius 1 is 1.04 bits per heavy atom. The molecule has 2 aromatic carbocycles. The monoisotopic (exact) mass is 406 g/mol. The molecule has 0 saturated carbocycles. The van der Waals surface area contributed by atoms with E-state index in [4.69, 9.17) is 11.6 Å². The minimum Gasteiger partial charge on any atom is -0.277 e. The first-order chi connectivity index (χ1) is 11.5. The van der Waals surface area contributed by atoms with Crippen molar-refractivity contribution >= 4 is 50.0 Å². The fourth-order valence-electron chi connectivity index (χ4n) is 1.67. The molecule has 0 aromatic heterocycles. The number of nitrogens with zero attached hydrogens (tertiary/aromatic N) is 2. The molecule has 0 unspecified atom stereocenters. The summed E-state index contributed by atoms with van der Waals surface area (Å²) in [5.41, 5.74) is 8.06. The molecule has 0 spiro atoms. The van der Waals surface area contributed by atoms with E-state index in [2.05, 4.69) is 37.0 Å². The van der Waals surface area contributed by atoms with E-state index in [-0.39, 0.29) is 11.1 Å². The number of hydrogen-bond donors (Lipinski definition) is 2. The molecule has 24 heavy (non-hydrogen) atoms. The van der Waals surface area contributed by atoms with Crippen LogP contribution in [0.25, 0.3) is 0 Å². The van der Waals surface area contributed by atoms with Crippen LogP contribution in [0.3, 0.4) is 0 Å². The third-order valence-corrected chi connectivity index (χ3v) is 3.95. The largest absolute Gasteiger partial charge is 0.277 e. The lowest BCUT2D eigenvalue weighted by Gasteiger charge is -2.03. The average molecular weight is 408 g/mol. The zero-order valence-electron chi connectivity index (χ0n) is 13.2. The van der Waals surface area contributed by atoms with Crippen LogP contribution in [-0.2, 0) is 0 Å². The first kappa shape index (κ1) is 18.2. The summed E-state index contributed by atoms with van der Waals surface area (Å²) >= 11 is 9.42. The van der Waals surface area contributed by atoms with Gasteiger partial charge in [0.25, 0.3) is 5.91 Å². The van der Waals surface area contributed by atoms with Crippen LogP contribution >= 0.6 is 27.5 Å². The predicted octanol–water partition coefficient (Wildman–Crippen LogP) is 4.53. The molecule has 0 saturated heterocycles. The first-order valence-corrected chi connectivity index (χ1v) is 8.29. The number of aryl methyl sites for hydroxylation is 1. The van der Waals surface area contributed by atoms with Crippen LogP contribution in [0.1, 0.15) is 22.8 Å². The number of nitrogens with one attached hydrogen (secondary N) is 2. The number of carbonyl (C=O) groups excluding carboxylic acids is 1. The number of hydrazone groups is 2. The molecule has 2 aromatic rings. The summed E-state index contributed by atoms with van der Waals surface area (Å²) < 4.78 is 0.972. The third-order valence-electron chi connectivity index (χ3n) is 3.06. The Morgan fingerprint density at radius 3 is 2.29 bits per heavy atom. The number of anilines is 1. The van der Waals surface area contributed by atoms with Gasteiger partial charge in [-0.3, -0.25) is 10.2 Å². The van der Waals surface area contributed by atoms with Crippen molar-refractivity contribution in [2.75, 3.05) is 5.43 Å². The van der Waals surface area contributed by atoms with E-state index in [1.54, 1.807) is 19.1 Å². The maximum atomic E-state index is 12.0. The Bertz CT molecular complexity index is 770. The highest BCUT2D eigenvalue weighted by atomic mass is 79.9. The molecule has 0 radical (unpaired) electrons. The van der Waals surface area contributed by atoms with Crippen molar-refractivity contribution in [1.29, 1.82) is 0 Å². The lowest BCUT2D eigenvalue weighted by atomic mass is 10.1. The number of amides is 1. The second-order valence-corrected chi connectivity index (χ2v) is 6.30. The van der Waals surface area contributed by atoms with Crippen molar-refractivity contribution in [1.82, 2.24) is 5.43 Å². The van der Waals surface area contributed by atoms with Crippen LogP contribution in [0, 0.1) is 6.92 Å². The average Bonchev–Trinajstić information content (AvgIpc) is 2.59. The topological polar surface area (TPSA) is 65.8 Å². The Balaban J connectivity index is 1.96. The molecule has 0 heterocycles. The van der Waals surface area contributed by atoms with Gasteiger partial charge in [0.05, 0.1) is 11.4 Å². The fraction of sp³-hybridized carbons (Fsp3) is 0.118. The Morgan fingerprint density at radius 2 is 1.67 bits per heavy atom. The second kappa shape index (κ2) is 8.61. The van der Waals surface area contributed by atoms with Gasteiger partial charge in [-0.1, -0.05) is 45.2 Å². The Kier molecular flexibility index (Phi) is 6.52. The van der Waals surface area contributed by atoms with Gasteiger partial charge in [-0.25, -0.2) is 5.43 Å². The minimum absolute atomic E-state index is 0.155. The van der Waals surface area contributed by atoms with E-state index in [0.29, 0.717) is 11.3 Å². The van der Waals surface area contributed by atoms with Gasteiger partial charge in [0.1, 0.15) is 0 Å². The molecule has 0 aliphatic heterocycles. The molecule has 124 valence electrons. The summed E-state index contributed by atoms with van der Waals surface area (Å²) in [5, 5.41) is 8.13. The van der Waals surface area contributed by atoms with Gasteiger partial charge in [0, 0.05) is 10.0 Å². The number of benzene rings is 2. The van der Waals surface area contributed by atoms with E-state index >= 15 is 0 Å². The summed E-state index contributed by atoms with van der Waals surface area (Å²) in [6.07, 6.45) is 0. The normalized spacial score (nSPS) is 12.0. The smallest absolute Gasteiger partial charge is 0.271 e. The van der Waals surface area contributed by atoms with Gasteiger partial charge in [-0.2, -0.15) is 10.2 Å². The van der Waals surface area contributed by atoms with Crippen LogP contribution < -0.4 is 10.9 Å². The molecule has 0 aliphatic rings. The van der Waals surface area contributed by atoms with Gasteiger partial charge in [-0.05, 0) is 50.2 Å². The molecule has 1 amide bonds. The van der Waals surface area contributed by atoms with Crippen LogP contribution in [0.5, 0.6) is 0 Å². The van der Waals surface area contributed by atoms with E-state index in [0.717, 1.165) is 15.7 Å². The molecule has 0 atom stereocenters. The quantitative estimate of drug-likeness (QED) is 0.565. The molecule has 7 heteroatoms. The summed E-state index contributed by atoms with van der Waals surface area (Å²) in [5.74, 6) is -0.306. The van der Waals surface area contributed by atoms with Crippen molar-refractivity contribution < 1.29 is 4.79 Å². The fourth-order valence-corrected chi connectivity index (χ4v) is 2.02. The molecule has 2 N–H and O–H groups in total. The minimum atomic E-state index is -0.306. The number of rotatable bonds is 5. The van der Waals surface area contributed by atoms with Gasteiger partial charge in [0.15, 0.2) is 5.17 Å². The first-order valence-electron chi connectivity index (χ1n) is 7.12. The summed E-state index contributed by atoms with van der Waals surface area (Å²) in [7, 11) is 0.